The van der Waals surface area contributed by atoms with Crippen LogP contribution in [0.2, 0.25) is 5.02 Å². The average molecular weight is 194 g/mol. The topological polar surface area (TPSA) is 44.0 Å². The maximum absolute atomic E-state index is 9.51. The SMILES string of the molecule is C=C(C#N)[C@@H](O)c1ccc(Cl)cc1. The molecule has 0 aliphatic carbocycles. The summed E-state index contributed by atoms with van der Waals surface area (Å²) >= 11 is 5.66. The number of aliphatic hydroxyl groups excluding tert-OH is 1. The molecule has 1 N–H and O–H groups in total. The van der Waals surface area contributed by atoms with Gasteiger partial charge in [-0.15, -0.1) is 0 Å². The van der Waals surface area contributed by atoms with E-state index in [1.165, 1.54) is 0 Å². The fourth-order valence-corrected chi connectivity index (χ4v) is 1.03. The third kappa shape index (κ3) is 2.32. The maximum atomic E-state index is 9.51. The van der Waals surface area contributed by atoms with E-state index >= 15 is 0 Å². The van der Waals surface area contributed by atoms with Crippen LogP contribution in [0.4, 0.5) is 0 Å². The highest BCUT2D eigenvalue weighted by Gasteiger charge is 2.10. The van der Waals surface area contributed by atoms with Crippen molar-refractivity contribution in [1.29, 1.82) is 5.26 Å². The third-order valence-corrected chi connectivity index (χ3v) is 1.91. The molecule has 13 heavy (non-hydrogen) atoms. The molecule has 2 nitrogen and oxygen atoms in total. The summed E-state index contributed by atoms with van der Waals surface area (Å²) in [6, 6.07) is 8.44. The first-order valence-corrected chi connectivity index (χ1v) is 4.05. The lowest BCUT2D eigenvalue weighted by Gasteiger charge is -2.07. The summed E-state index contributed by atoms with van der Waals surface area (Å²) in [7, 11) is 0. The van der Waals surface area contributed by atoms with Crippen LogP contribution in [0.3, 0.4) is 0 Å². The van der Waals surface area contributed by atoms with Crippen molar-refractivity contribution in [2.45, 2.75) is 6.10 Å². The molecule has 0 spiro atoms. The van der Waals surface area contributed by atoms with Crippen molar-refractivity contribution in [3.05, 3.63) is 47.0 Å². The molecule has 1 aromatic carbocycles. The van der Waals surface area contributed by atoms with Crippen LogP contribution in [0.1, 0.15) is 11.7 Å². The second-order valence-corrected chi connectivity index (χ2v) is 3.03. The van der Waals surface area contributed by atoms with E-state index in [-0.39, 0.29) is 5.57 Å². The minimum atomic E-state index is -0.928. The Balaban J connectivity index is 2.91. The third-order valence-electron chi connectivity index (χ3n) is 1.66. The number of nitrogens with zero attached hydrogens (tertiary/aromatic N) is 1. The van der Waals surface area contributed by atoms with Gasteiger partial charge in [0, 0.05) is 5.02 Å². The summed E-state index contributed by atoms with van der Waals surface area (Å²) in [6.07, 6.45) is -0.928. The van der Waals surface area contributed by atoms with Gasteiger partial charge in [0.1, 0.15) is 6.10 Å². The molecular formula is C10H8ClNO. The van der Waals surface area contributed by atoms with Crippen molar-refractivity contribution < 1.29 is 5.11 Å². The summed E-state index contributed by atoms with van der Waals surface area (Å²) in [6.45, 7) is 3.43. The van der Waals surface area contributed by atoms with E-state index in [4.69, 9.17) is 16.9 Å². The summed E-state index contributed by atoms with van der Waals surface area (Å²) in [5, 5.41) is 18.6. The van der Waals surface area contributed by atoms with Crippen LogP contribution in [-0.2, 0) is 0 Å². The molecule has 0 aromatic heterocycles. The minimum Gasteiger partial charge on any atom is -0.383 e. The molecule has 1 atom stereocenters. The molecule has 66 valence electrons. The Hall–Kier alpha value is -1.30. The molecule has 0 unspecified atom stereocenters. The number of hydrogen-bond acceptors (Lipinski definition) is 2. The second kappa shape index (κ2) is 4.08. The standard InChI is InChI=1S/C10H8ClNO/c1-7(6-12)10(13)8-2-4-9(11)5-3-8/h2-5,10,13H,1H2/t10-/m1/s1. The van der Waals surface area contributed by atoms with Gasteiger partial charge in [0.2, 0.25) is 0 Å². The highest BCUT2D eigenvalue weighted by Crippen LogP contribution is 2.21. The molecule has 0 saturated carbocycles. The van der Waals surface area contributed by atoms with Crippen LogP contribution in [0, 0.1) is 11.3 Å². The van der Waals surface area contributed by atoms with Gasteiger partial charge in [0.15, 0.2) is 0 Å². The highest BCUT2D eigenvalue weighted by molar-refractivity contribution is 6.30. The van der Waals surface area contributed by atoms with Crippen molar-refractivity contribution in [2.24, 2.45) is 0 Å². The van der Waals surface area contributed by atoms with Crippen LogP contribution < -0.4 is 0 Å². The van der Waals surface area contributed by atoms with Gasteiger partial charge in [0.25, 0.3) is 0 Å². The zero-order valence-corrected chi connectivity index (χ0v) is 7.62. The predicted octanol–water partition coefficient (Wildman–Crippen LogP) is 2.45. The van der Waals surface area contributed by atoms with Crippen LogP contribution in [-0.4, -0.2) is 5.11 Å². The highest BCUT2D eigenvalue weighted by atomic mass is 35.5. The van der Waals surface area contributed by atoms with E-state index in [9.17, 15) is 5.11 Å². The Kier molecular flexibility index (Phi) is 3.07. The lowest BCUT2D eigenvalue weighted by atomic mass is 10.0. The molecule has 0 aliphatic heterocycles. The Morgan fingerprint density at radius 2 is 2.00 bits per heavy atom. The van der Waals surface area contributed by atoms with Gasteiger partial charge in [0.05, 0.1) is 11.6 Å². The number of rotatable bonds is 2. The van der Waals surface area contributed by atoms with Gasteiger partial charge in [-0.2, -0.15) is 5.26 Å². The van der Waals surface area contributed by atoms with Gasteiger partial charge >= 0.3 is 0 Å². The summed E-state index contributed by atoms with van der Waals surface area (Å²) < 4.78 is 0. The molecule has 0 saturated heterocycles. The van der Waals surface area contributed by atoms with Gasteiger partial charge in [-0.1, -0.05) is 30.3 Å². The summed E-state index contributed by atoms with van der Waals surface area (Å²) in [5.41, 5.74) is 0.748. The predicted molar refractivity (Wildman–Crippen MR) is 51.2 cm³/mol. The zero-order chi connectivity index (χ0) is 9.84. The molecule has 0 fully saturated rings. The Morgan fingerprint density at radius 3 is 2.46 bits per heavy atom. The van der Waals surface area contributed by atoms with E-state index in [2.05, 4.69) is 6.58 Å². The van der Waals surface area contributed by atoms with Crippen molar-refractivity contribution in [1.82, 2.24) is 0 Å². The normalized spacial score (nSPS) is 11.8. The van der Waals surface area contributed by atoms with E-state index in [0.29, 0.717) is 10.6 Å². The first-order valence-electron chi connectivity index (χ1n) is 3.67. The van der Waals surface area contributed by atoms with Gasteiger partial charge in [-0.3, -0.25) is 0 Å². The Labute approximate surface area is 81.7 Å². The van der Waals surface area contributed by atoms with Gasteiger partial charge in [-0.25, -0.2) is 0 Å². The molecular weight excluding hydrogens is 186 g/mol. The second-order valence-electron chi connectivity index (χ2n) is 2.59. The van der Waals surface area contributed by atoms with E-state index in [1.54, 1.807) is 30.3 Å². The number of nitriles is 1. The Morgan fingerprint density at radius 1 is 1.46 bits per heavy atom. The monoisotopic (exact) mass is 193 g/mol. The van der Waals surface area contributed by atoms with Crippen molar-refractivity contribution in [3.63, 3.8) is 0 Å². The lowest BCUT2D eigenvalue weighted by Crippen LogP contribution is -1.98. The Bertz CT molecular complexity index is 350. The molecule has 0 aliphatic rings. The lowest BCUT2D eigenvalue weighted by molar-refractivity contribution is 0.221. The van der Waals surface area contributed by atoms with Crippen molar-refractivity contribution in [3.8, 4) is 6.07 Å². The van der Waals surface area contributed by atoms with Gasteiger partial charge < -0.3 is 5.11 Å². The first-order chi connectivity index (χ1) is 6.15. The molecule has 1 aromatic rings. The fourth-order valence-electron chi connectivity index (χ4n) is 0.907. The molecule has 0 radical (unpaired) electrons. The smallest absolute Gasteiger partial charge is 0.113 e. The van der Waals surface area contributed by atoms with Crippen molar-refractivity contribution in [2.75, 3.05) is 0 Å². The van der Waals surface area contributed by atoms with E-state index in [0.717, 1.165) is 0 Å². The van der Waals surface area contributed by atoms with Gasteiger partial charge in [-0.05, 0) is 17.7 Å². The molecule has 0 amide bonds. The van der Waals surface area contributed by atoms with Crippen LogP contribution >= 0.6 is 11.6 Å². The van der Waals surface area contributed by atoms with Crippen LogP contribution in [0.15, 0.2) is 36.4 Å². The number of benzene rings is 1. The molecule has 0 bridgehead atoms. The summed E-state index contributed by atoms with van der Waals surface area (Å²) in [5.74, 6) is 0. The zero-order valence-electron chi connectivity index (χ0n) is 6.87. The average Bonchev–Trinajstić information content (AvgIpc) is 2.17. The quantitative estimate of drug-likeness (QED) is 0.734. The maximum Gasteiger partial charge on any atom is 0.113 e. The minimum absolute atomic E-state index is 0.127. The van der Waals surface area contributed by atoms with E-state index in [1.807, 2.05) is 0 Å². The molecule has 3 heteroatoms. The number of aliphatic hydroxyl groups is 1. The fraction of sp³-hybridized carbons (Fsp3) is 0.100. The number of hydrogen-bond donors (Lipinski definition) is 1. The van der Waals surface area contributed by atoms with Crippen LogP contribution in [0.25, 0.3) is 0 Å². The summed E-state index contributed by atoms with van der Waals surface area (Å²) in [4.78, 5) is 0. The van der Waals surface area contributed by atoms with Crippen LogP contribution in [0.5, 0.6) is 0 Å². The molecule has 0 heterocycles. The molecule has 1 rings (SSSR count). The largest absolute Gasteiger partial charge is 0.383 e. The van der Waals surface area contributed by atoms with E-state index < -0.39 is 6.10 Å². The first kappa shape index (κ1) is 9.79. The van der Waals surface area contributed by atoms with Crippen molar-refractivity contribution >= 4 is 11.6 Å². The number of halogens is 1.